The number of carbonyl (C=O) groups is 3. The van der Waals surface area contributed by atoms with Crippen molar-refractivity contribution in [3.05, 3.63) is 0 Å². The van der Waals surface area contributed by atoms with Crippen LogP contribution in [0.3, 0.4) is 0 Å². The largest absolute Gasteiger partial charge is 0.480 e. The summed E-state index contributed by atoms with van der Waals surface area (Å²) in [5.74, 6) is -1.35. The lowest BCUT2D eigenvalue weighted by Crippen LogP contribution is -2.51. The number of hydrogen-bond donors (Lipinski definition) is 3. The molecular weight excluding hydrogens is 262 g/mol. The van der Waals surface area contributed by atoms with E-state index in [1.807, 2.05) is 0 Å². The number of amides is 3. The van der Waals surface area contributed by atoms with Gasteiger partial charge in [-0.05, 0) is 31.6 Å². The molecule has 0 aliphatic heterocycles. The van der Waals surface area contributed by atoms with Crippen LogP contribution >= 0.6 is 0 Å². The van der Waals surface area contributed by atoms with Crippen LogP contribution in [-0.4, -0.2) is 47.0 Å². The second-order valence-electron chi connectivity index (χ2n) is 5.54. The molecule has 7 heteroatoms. The zero-order valence-electron chi connectivity index (χ0n) is 12.0. The molecule has 0 heterocycles. The van der Waals surface area contributed by atoms with Gasteiger partial charge in [0, 0.05) is 13.1 Å². The zero-order chi connectivity index (χ0) is 15.3. The highest BCUT2D eigenvalue weighted by Crippen LogP contribution is 2.26. The third-order valence-electron chi connectivity index (χ3n) is 3.85. The number of aliphatic carboxylic acids is 1. The predicted molar refractivity (Wildman–Crippen MR) is 72.9 cm³/mol. The van der Waals surface area contributed by atoms with E-state index in [-0.39, 0.29) is 6.04 Å². The molecule has 1 fully saturated rings. The Labute approximate surface area is 118 Å². The zero-order valence-corrected chi connectivity index (χ0v) is 12.0. The summed E-state index contributed by atoms with van der Waals surface area (Å²) in [6.45, 7) is 2.18. The highest BCUT2D eigenvalue weighted by atomic mass is 16.4. The Bertz CT molecular complexity index is 378. The molecule has 0 bridgehead atoms. The third kappa shape index (κ3) is 4.71. The van der Waals surface area contributed by atoms with Crippen LogP contribution in [0.2, 0.25) is 0 Å². The average Bonchev–Trinajstić information content (AvgIpc) is 2.37. The maximum Gasteiger partial charge on any atom is 0.326 e. The van der Waals surface area contributed by atoms with Gasteiger partial charge in [-0.15, -0.1) is 0 Å². The van der Waals surface area contributed by atoms with E-state index in [4.69, 9.17) is 10.8 Å². The molecule has 0 aromatic rings. The van der Waals surface area contributed by atoms with Crippen LogP contribution in [-0.2, 0) is 9.59 Å². The first kappa shape index (κ1) is 16.3. The number of carboxylic acids is 1. The summed E-state index contributed by atoms with van der Waals surface area (Å²) < 4.78 is 0. The van der Waals surface area contributed by atoms with Crippen LogP contribution < -0.4 is 11.1 Å². The SMILES string of the molecule is CC1CCC(N(C)C(=O)N[C@H](CC(N)=O)C(=O)O)CC1. The molecule has 0 aromatic heterocycles. The van der Waals surface area contributed by atoms with Crippen LogP contribution in [0.15, 0.2) is 0 Å². The number of urea groups is 1. The lowest BCUT2D eigenvalue weighted by Gasteiger charge is -2.34. The van der Waals surface area contributed by atoms with E-state index in [9.17, 15) is 14.4 Å². The molecule has 1 saturated carbocycles. The summed E-state index contributed by atoms with van der Waals surface area (Å²) in [7, 11) is 1.65. The van der Waals surface area contributed by atoms with Gasteiger partial charge in [-0.1, -0.05) is 6.92 Å². The Morgan fingerprint density at radius 3 is 2.30 bits per heavy atom. The summed E-state index contributed by atoms with van der Waals surface area (Å²) in [5, 5.41) is 11.3. The number of nitrogens with two attached hydrogens (primary N) is 1. The third-order valence-corrected chi connectivity index (χ3v) is 3.85. The molecular formula is C13H23N3O4. The number of carboxylic acid groups (broad SMARTS) is 1. The van der Waals surface area contributed by atoms with Crippen LogP contribution in [0.1, 0.15) is 39.0 Å². The first-order chi connectivity index (χ1) is 9.31. The number of carbonyl (C=O) groups excluding carboxylic acids is 2. The molecule has 1 atom stereocenters. The van der Waals surface area contributed by atoms with E-state index in [1.165, 1.54) is 4.90 Å². The average molecular weight is 285 g/mol. The molecule has 1 rings (SSSR count). The van der Waals surface area contributed by atoms with Crippen LogP contribution in [0.5, 0.6) is 0 Å². The number of primary amides is 1. The van der Waals surface area contributed by atoms with E-state index in [1.54, 1.807) is 7.05 Å². The molecule has 4 N–H and O–H groups in total. The minimum absolute atomic E-state index is 0.120. The molecule has 0 aromatic carbocycles. The fourth-order valence-corrected chi connectivity index (χ4v) is 2.45. The van der Waals surface area contributed by atoms with E-state index in [0.29, 0.717) is 5.92 Å². The summed E-state index contributed by atoms with van der Waals surface area (Å²) in [6.07, 6.45) is 3.55. The predicted octanol–water partition coefficient (Wildman–Crippen LogP) is 0.535. The van der Waals surface area contributed by atoms with Gasteiger partial charge < -0.3 is 21.1 Å². The van der Waals surface area contributed by atoms with Gasteiger partial charge in [0.05, 0.1) is 6.42 Å². The normalized spacial score (nSPS) is 23.7. The number of rotatable bonds is 5. The van der Waals surface area contributed by atoms with Gasteiger partial charge >= 0.3 is 12.0 Å². The quantitative estimate of drug-likeness (QED) is 0.684. The van der Waals surface area contributed by atoms with Crippen molar-refractivity contribution in [1.82, 2.24) is 10.2 Å². The van der Waals surface area contributed by atoms with Crippen LogP contribution in [0.25, 0.3) is 0 Å². The van der Waals surface area contributed by atoms with Crippen molar-refractivity contribution >= 4 is 17.9 Å². The first-order valence-corrected chi connectivity index (χ1v) is 6.85. The van der Waals surface area contributed by atoms with Crippen molar-refractivity contribution in [2.75, 3.05) is 7.05 Å². The summed E-state index contributed by atoms with van der Waals surface area (Å²) in [6, 6.07) is -1.63. The van der Waals surface area contributed by atoms with Crippen LogP contribution in [0.4, 0.5) is 4.79 Å². The van der Waals surface area contributed by atoms with Gasteiger partial charge in [0.2, 0.25) is 5.91 Å². The molecule has 114 valence electrons. The van der Waals surface area contributed by atoms with Crippen molar-refractivity contribution in [2.24, 2.45) is 11.7 Å². The fourth-order valence-electron chi connectivity index (χ4n) is 2.45. The smallest absolute Gasteiger partial charge is 0.326 e. The molecule has 1 aliphatic rings. The molecule has 0 saturated heterocycles. The van der Waals surface area contributed by atoms with Crippen molar-refractivity contribution in [2.45, 2.75) is 51.1 Å². The Balaban J connectivity index is 2.55. The van der Waals surface area contributed by atoms with Crippen molar-refractivity contribution < 1.29 is 19.5 Å². The Morgan fingerprint density at radius 1 is 1.30 bits per heavy atom. The standard InChI is InChI=1S/C13H23N3O4/c1-8-3-5-9(6-4-8)16(2)13(20)15-10(12(18)19)7-11(14)17/h8-10H,3-7H2,1-2H3,(H2,14,17)(H,15,20)(H,18,19)/t8?,9?,10-/m1/s1. The molecule has 0 radical (unpaired) electrons. The second-order valence-corrected chi connectivity index (χ2v) is 5.54. The van der Waals surface area contributed by atoms with E-state index < -0.39 is 30.4 Å². The lowest BCUT2D eigenvalue weighted by molar-refractivity contribution is -0.141. The lowest BCUT2D eigenvalue weighted by atomic mass is 9.87. The van der Waals surface area contributed by atoms with E-state index >= 15 is 0 Å². The molecule has 0 unspecified atom stereocenters. The number of nitrogens with zero attached hydrogens (tertiary/aromatic N) is 1. The first-order valence-electron chi connectivity index (χ1n) is 6.85. The minimum atomic E-state index is -1.27. The molecule has 7 nitrogen and oxygen atoms in total. The van der Waals surface area contributed by atoms with Gasteiger partial charge in [-0.3, -0.25) is 4.79 Å². The molecule has 0 spiro atoms. The van der Waals surface area contributed by atoms with Gasteiger partial charge in [-0.2, -0.15) is 0 Å². The Morgan fingerprint density at radius 2 is 1.85 bits per heavy atom. The highest BCUT2D eigenvalue weighted by molar-refractivity contribution is 5.87. The van der Waals surface area contributed by atoms with Crippen molar-refractivity contribution in [3.63, 3.8) is 0 Å². The second kappa shape index (κ2) is 7.12. The molecule has 20 heavy (non-hydrogen) atoms. The highest BCUT2D eigenvalue weighted by Gasteiger charge is 2.28. The van der Waals surface area contributed by atoms with Gasteiger partial charge in [0.15, 0.2) is 0 Å². The monoisotopic (exact) mass is 285 g/mol. The molecule has 1 aliphatic carbocycles. The van der Waals surface area contributed by atoms with Gasteiger partial charge in [0.25, 0.3) is 0 Å². The maximum atomic E-state index is 12.0. The maximum absolute atomic E-state index is 12.0. The van der Waals surface area contributed by atoms with Gasteiger partial charge in [0.1, 0.15) is 6.04 Å². The number of nitrogens with one attached hydrogen (secondary N) is 1. The Kier molecular flexibility index (Phi) is 5.79. The fraction of sp³-hybridized carbons (Fsp3) is 0.769. The van der Waals surface area contributed by atoms with Crippen LogP contribution in [0, 0.1) is 5.92 Å². The number of hydrogen-bond acceptors (Lipinski definition) is 3. The summed E-state index contributed by atoms with van der Waals surface area (Å²) >= 11 is 0. The topological polar surface area (TPSA) is 113 Å². The Hall–Kier alpha value is -1.79. The molecule has 3 amide bonds. The van der Waals surface area contributed by atoms with E-state index in [0.717, 1.165) is 25.7 Å². The minimum Gasteiger partial charge on any atom is -0.480 e. The van der Waals surface area contributed by atoms with Crippen molar-refractivity contribution in [3.8, 4) is 0 Å². The van der Waals surface area contributed by atoms with Crippen molar-refractivity contribution in [1.29, 1.82) is 0 Å². The summed E-state index contributed by atoms with van der Waals surface area (Å²) in [4.78, 5) is 35.3. The summed E-state index contributed by atoms with van der Waals surface area (Å²) in [5.41, 5.74) is 4.97. The van der Waals surface area contributed by atoms with E-state index in [2.05, 4.69) is 12.2 Å². The van der Waals surface area contributed by atoms with Gasteiger partial charge in [-0.25, -0.2) is 9.59 Å².